The quantitative estimate of drug-likeness (QED) is 0.846. The normalized spacial score (nSPS) is 20.1. The van der Waals surface area contributed by atoms with E-state index < -0.39 is 16.2 Å². The summed E-state index contributed by atoms with van der Waals surface area (Å²) in [6.45, 7) is 6.13. The lowest BCUT2D eigenvalue weighted by molar-refractivity contribution is -0.127. The van der Waals surface area contributed by atoms with Crippen LogP contribution in [0.5, 0.6) is 0 Å². The summed E-state index contributed by atoms with van der Waals surface area (Å²) in [6.07, 6.45) is 3.18. The number of nitrogens with zero attached hydrogens (tertiary/aromatic N) is 1. The number of nitrogens with one attached hydrogen (secondary N) is 1. The maximum absolute atomic E-state index is 12.0. The molecule has 1 saturated carbocycles. The molecule has 102 valence electrons. The second-order valence-electron chi connectivity index (χ2n) is 5.82. The fraction of sp³-hybridized carbons (Fsp3) is 0.846. The van der Waals surface area contributed by atoms with E-state index in [1.807, 2.05) is 20.8 Å². The van der Waals surface area contributed by atoms with Crippen molar-refractivity contribution in [1.82, 2.24) is 5.32 Å². The molecule has 1 fully saturated rings. The topological polar surface area (TPSA) is 70.0 Å². The van der Waals surface area contributed by atoms with Crippen molar-refractivity contribution >= 4 is 16.7 Å². The van der Waals surface area contributed by atoms with Crippen LogP contribution >= 0.6 is 0 Å². The molecular weight excluding hydrogens is 248 g/mol. The SMILES string of the molecule is CC(C)(C)[S@](=O)CCNC(=O)C1(C#N)CCCC1. The summed E-state index contributed by atoms with van der Waals surface area (Å²) in [4.78, 5) is 12.0. The Hall–Kier alpha value is -0.890. The second kappa shape index (κ2) is 5.83. The van der Waals surface area contributed by atoms with Gasteiger partial charge in [-0.3, -0.25) is 9.00 Å². The van der Waals surface area contributed by atoms with E-state index >= 15 is 0 Å². The number of carbonyl (C=O) groups excluding carboxylic acids is 1. The van der Waals surface area contributed by atoms with Crippen LogP contribution in [0.1, 0.15) is 46.5 Å². The summed E-state index contributed by atoms with van der Waals surface area (Å²) in [5.74, 6) is 0.255. The van der Waals surface area contributed by atoms with E-state index in [9.17, 15) is 9.00 Å². The van der Waals surface area contributed by atoms with Gasteiger partial charge in [-0.15, -0.1) is 0 Å². The fourth-order valence-electron chi connectivity index (χ4n) is 2.10. The van der Waals surface area contributed by atoms with Crippen LogP contribution in [0, 0.1) is 16.7 Å². The Kier molecular flexibility index (Phi) is 4.92. The summed E-state index contributed by atoms with van der Waals surface area (Å²) >= 11 is 0. The molecule has 0 saturated heterocycles. The molecule has 4 nitrogen and oxygen atoms in total. The summed E-state index contributed by atoms with van der Waals surface area (Å²) in [5, 5.41) is 11.9. The smallest absolute Gasteiger partial charge is 0.240 e. The average Bonchev–Trinajstić information content (AvgIpc) is 2.77. The zero-order valence-electron chi connectivity index (χ0n) is 11.4. The molecule has 1 atom stereocenters. The van der Waals surface area contributed by atoms with E-state index in [0.29, 0.717) is 25.1 Å². The molecule has 0 unspecified atom stereocenters. The lowest BCUT2D eigenvalue weighted by atomic mass is 9.87. The Labute approximate surface area is 112 Å². The first-order valence-corrected chi connectivity index (χ1v) is 7.72. The van der Waals surface area contributed by atoms with E-state index in [1.165, 1.54) is 0 Å². The van der Waals surface area contributed by atoms with Gasteiger partial charge in [-0.25, -0.2) is 0 Å². The number of amides is 1. The zero-order valence-corrected chi connectivity index (χ0v) is 12.2. The number of hydrogen-bond acceptors (Lipinski definition) is 3. The molecule has 18 heavy (non-hydrogen) atoms. The van der Waals surface area contributed by atoms with Crippen LogP contribution in [-0.2, 0) is 15.6 Å². The highest BCUT2D eigenvalue weighted by Crippen LogP contribution is 2.37. The Balaban J connectivity index is 2.43. The van der Waals surface area contributed by atoms with Crippen LogP contribution in [0.15, 0.2) is 0 Å². The molecule has 0 radical (unpaired) electrons. The molecule has 0 bridgehead atoms. The average molecular weight is 270 g/mol. The minimum absolute atomic E-state index is 0.187. The fourth-order valence-corrected chi connectivity index (χ4v) is 3.00. The molecule has 1 aliphatic carbocycles. The zero-order chi connectivity index (χ0) is 13.8. The molecule has 0 spiro atoms. The number of rotatable bonds is 4. The first-order valence-electron chi connectivity index (χ1n) is 6.40. The summed E-state index contributed by atoms with van der Waals surface area (Å²) in [6, 6.07) is 2.16. The molecule has 1 aliphatic rings. The van der Waals surface area contributed by atoms with Crippen molar-refractivity contribution < 1.29 is 9.00 Å². The molecular formula is C13H22N2O2S. The molecule has 1 N–H and O–H groups in total. The third-order valence-corrected chi connectivity index (χ3v) is 5.30. The highest BCUT2D eigenvalue weighted by molar-refractivity contribution is 7.86. The van der Waals surface area contributed by atoms with Crippen LogP contribution in [0.2, 0.25) is 0 Å². The van der Waals surface area contributed by atoms with Gasteiger partial charge in [-0.1, -0.05) is 12.8 Å². The number of carbonyl (C=O) groups is 1. The van der Waals surface area contributed by atoms with Crippen LogP contribution in [0.3, 0.4) is 0 Å². The highest BCUT2D eigenvalue weighted by atomic mass is 32.2. The van der Waals surface area contributed by atoms with Gasteiger partial charge in [0.25, 0.3) is 0 Å². The maximum atomic E-state index is 12.0. The van der Waals surface area contributed by atoms with Crippen LogP contribution < -0.4 is 5.32 Å². The van der Waals surface area contributed by atoms with Gasteiger partial charge in [-0.2, -0.15) is 5.26 Å². The van der Waals surface area contributed by atoms with Gasteiger partial charge < -0.3 is 5.32 Å². The molecule has 0 heterocycles. The first kappa shape index (κ1) is 15.2. The third-order valence-electron chi connectivity index (χ3n) is 3.36. The van der Waals surface area contributed by atoms with Gasteiger partial charge in [0.05, 0.1) is 6.07 Å². The molecule has 0 aromatic carbocycles. The van der Waals surface area contributed by atoms with Crippen molar-refractivity contribution in [2.45, 2.75) is 51.2 Å². The molecule has 1 amide bonds. The summed E-state index contributed by atoms with van der Waals surface area (Å²) in [7, 11) is -0.968. The monoisotopic (exact) mass is 270 g/mol. The van der Waals surface area contributed by atoms with E-state index in [0.717, 1.165) is 12.8 Å². The Morgan fingerprint density at radius 2 is 1.94 bits per heavy atom. The van der Waals surface area contributed by atoms with Crippen molar-refractivity contribution in [1.29, 1.82) is 5.26 Å². The first-order chi connectivity index (χ1) is 8.32. The maximum Gasteiger partial charge on any atom is 0.240 e. The number of hydrogen-bond donors (Lipinski definition) is 1. The Morgan fingerprint density at radius 3 is 2.39 bits per heavy atom. The van der Waals surface area contributed by atoms with E-state index in [2.05, 4.69) is 11.4 Å². The predicted octanol–water partition coefficient (Wildman–Crippen LogP) is 1.73. The van der Waals surface area contributed by atoms with Gasteiger partial charge >= 0.3 is 0 Å². The molecule has 5 heteroatoms. The minimum Gasteiger partial charge on any atom is -0.354 e. The van der Waals surface area contributed by atoms with Gasteiger partial charge in [0.2, 0.25) is 5.91 Å². The van der Waals surface area contributed by atoms with Crippen molar-refractivity contribution in [3.8, 4) is 6.07 Å². The second-order valence-corrected chi connectivity index (χ2v) is 8.14. The summed E-state index contributed by atoms with van der Waals surface area (Å²) in [5.41, 5.74) is -0.830. The largest absolute Gasteiger partial charge is 0.354 e. The lowest BCUT2D eigenvalue weighted by Crippen LogP contribution is -2.41. The number of nitriles is 1. The summed E-state index contributed by atoms with van der Waals surface area (Å²) < 4.78 is 11.6. The van der Waals surface area contributed by atoms with Crippen LogP contribution in [0.25, 0.3) is 0 Å². The molecule has 0 aromatic heterocycles. The predicted molar refractivity (Wildman–Crippen MR) is 72.3 cm³/mol. The highest BCUT2D eigenvalue weighted by Gasteiger charge is 2.41. The lowest BCUT2D eigenvalue weighted by Gasteiger charge is -2.21. The van der Waals surface area contributed by atoms with Crippen molar-refractivity contribution in [3.63, 3.8) is 0 Å². The van der Waals surface area contributed by atoms with Crippen LogP contribution in [0.4, 0.5) is 0 Å². The van der Waals surface area contributed by atoms with Gasteiger partial charge in [0.15, 0.2) is 0 Å². The minimum atomic E-state index is -0.968. The molecule has 1 rings (SSSR count). The van der Waals surface area contributed by atoms with Crippen molar-refractivity contribution in [2.24, 2.45) is 5.41 Å². The third kappa shape index (κ3) is 3.55. The van der Waals surface area contributed by atoms with Gasteiger partial charge in [0.1, 0.15) is 5.41 Å². The van der Waals surface area contributed by atoms with Crippen molar-refractivity contribution in [2.75, 3.05) is 12.3 Å². The van der Waals surface area contributed by atoms with Crippen LogP contribution in [-0.4, -0.2) is 27.2 Å². The van der Waals surface area contributed by atoms with E-state index in [-0.39, 0.29) is 10.7 Å². The molecule has 0 aliphatic heterocycles. The van der Waals surface area contributed by atoms with Gasteiger partial charge in [0, 0.05) is 27.8 Å². The van der Waals surface area contributed by atoms with Gasteiger partial charge in [-0.05, 0) is 33.6 Å². The Morgan fingerprint density at radius 1 is 1.39 bits per heavy atom. The van der Waals surface area contributed by atoms with E-state index in [4.69, 9.17) is 5.26 Å². The Bertz CT molecular complexity index is 373. The standard InChI is InChI=1S/C13H22N2O2S/c1-12(2,3)18(17)9-8-15-11(16)13(10-14)6-4-5-7-13/h4-9H2,1-3H3,(H,15,16)/t18-/m1/s1. The van der Waals surface area contributed by atoms with Crippen molar-refractivity contribution in [3.05, 3.63) is 0 Å². The molecule has 0 aromatic rings. The van der Waals surface area contributed by atoms with E-state index in [1.54, 1.807) is 0 Å².